The van der Waals surface area contributed by atoms with Gasteiger partial charge in [-0.2, -0.15) is 0 Å². The SMILES string of the molecule is Cc1sc2ccccc2c1-c1nccn1CCCn1ccnc1. The molecule has 116 valence electrons. The second-order valence-electron chi connectivity index (χ2n) is 5.63. The van der Waals surface area contributed by atoms with Gasteiger partial charge in [0.05, 0.1) is 6.33 Å². The number of nitrogens with zero attached hydrogens (tertiary/aromatic N) is 4. The predicted molar refractivity (Wildman–Crippen MR) is 94.6 cm³/mol. The molecule has 0 amide bonds. The molecule has 3 aromatic heterocycles. The Balaban J connectivity index is 1.62. The fourth-order valence-electron chi connectivity index (χ4n) is 3.01. The Bertz CT molecular complexity index is 918. The van der Waals surface area contributed by atoms with E-state index in [4.69, 9.17) is 0 Å². The van der Waals surface area contributed by atoms with E-state index in [1.165, 1.54) is 20.5 Å². The number of hydrogen-bond acceptors (Lipinski definition) is 3. The van der Waals surface area contributed by atoms with Crippen molar-refractivity contribution in [2.75, 3.05) is 0 Å². The van der Waals surface area contributed by atoms with E-state index in [1.54, 1.807) is 0 Å². The van der Waals surface area contributed by atoms with Crippen molar-refractivity contribution in [2.24, 2.45) is 0 Å². The van der Waals surface area contributed by atoms with E-state index in [0.29, 0.717) is 0 Å². The van der Waals surface area contributed by atoms with Gasteiger partial charge in [-0.1, -0.05) is 18.2 Å². The van der Waals surface area contributed by atoms with E-state index >= 15 is 0 Å². The zero-order valence-electron chi connectivity index (χ0n) is 13.0. The van der Waals surface area contributed by atoms with Crippen LogP contribution >= 0.6 is 11.3 Å². The van der Waals surface area contributed by atoms with Gasteiger partial charge in [0.1, 0.15) is 5.82 Å². The van der Waals surface area contributed by atoms with Crippen LogP contribution in [-0.4, -0.2) is 19.1 Å². The van der Waals surface area contributed by atoms with Crippen LogP contribution in [0.2, 0.25) is 0 Å². The number of aromatic nitrogens is 4. The Morgan fingerprint density at radius 1 is 1.09 bits per heavy atom. The van der Waals surface area contributed by atoms with Gasteiger partial charge in [0.2, 0.25) is 0 Å². The average Bonchev–Trinajstić information content (AvgIpc) is 3.26. The molecule has 0 radical (unpaired) electrons. The van der Waals surface area contributed by atoms with E-state index in [1.807, 2.05) is 36.3 Å². The van der Waals surface area contributed by atoms with Crippen molar-refractivity contribution in [1.29, 1.82) is 0 Å². The summed E-state index contributed by atoms with van der Waals surface area (Å²) in [4.78, 5) is 10.0. The number of thiophene rings is 1. The summed E-state index contributed by atoms with van der Waals surface area (Å²) in [6, 6.07) is 8.57. The summed E-state index contributed by atoms with van der Waals surface area (Å²) in [5, 5.41) is 1.30. The van der Waals surface area contributed by atoms with Gasteiger partial charge in [-0.25, -0.2) is 9.97 Å². The molecule has 1 aromatic carbocycles. The maximum atomic E-state index is 4.64. The molecule has 0 bridgehead atoms. The van der Waals surface area contributed by atoms with Crippen LogP contribution in [0.25, 0.3) is 21.5 Å². The van der Waals surface area contributed by atoms with Crippen molar-refractivity contribution in [3.63, 3.8) is 0 Å². The molecule has 0 aliphatic carbocycles. The molecule has 0 saturated carbocycles. The summed E-state index contributed by atoms with van der Waals surface area (Å²) in [6.45, 7) is 4.11. The van der Waals surface area contributed by atoms with Crippen molar-refractivity contribution in [3.05, 3.63) is 60.3 Å². The molecule has 0 aliphatic heterocycles. The lowest BCUT2D eigenvalue weighted by Gasteiger charge is -2.09. The summed E-state index contributed by atoms with van der Waals surface area (Å²) in [6.07, 6.45) is 10.7. The van der Waals surface area contributed by atoms with Crippen molar-refractivity contribution in [1.82, 2.24) is 19.1 Å². The highest BCUT2D eigenvalue weighted by molar-refractivity contribution is 7.19. The third kappa shape index (κ3) is 2.68. The highest BCUT2D eigenvalue weighted by Crippen LogP contribution is 2.37. The summed E-state index contributed by atoms with van der Waals surface area (Å²) < 4.78 is 5.70. The van der Waals surface area contributed by atoms with Crippen LogP contribution in [0.1, 0.15) is 11.3 Å². The highest BCUT2D eigenvalue weighted by atomic mass is 32.1. The topological polar surface area (TPSA) is 35.6 Å². The Labute approximate surface area is 139 Å². The lowest BCUT2D eigenvalue weighted by Crippen LogP contribution is -2.04. The molecule has 0 spiro atoms. The van der Waals surface area contributed by atoms with Crippen LogP contribution in [0.15, 0.2) is 55.4 Å². The number of benzene rings is 1. The maximum absolute atomic E-state index is 4.64. The standard InChI is InChI=1S/C18H18N4S/c1-14-17(15-5-2-3-6-16(15)23-14)18-20-8-12-22(18)10-4-9-21-11-7-19-13-21/h2-3,5-8,11-13H,4,9-10H2,1H3. The van der Waals surface area contributed by atoms with Crippen LogP contribution in [0.3, 0.4) is 0 Å². The summed E-state index contributed by atoms with van der Waals surface area (Å²) in [5.74, 6) is 1.07. The fourth-order valence-corrected chi connectivity index (χ4v) is 4.07. The lowest BCUT2D eigenvalue weighted by molar-refractivity contribution is 0.566. The monoisotopic (exact) mass is 322 g/mol. The van der Waals surface area contributed by atoms with Crippen LogP contribution in [0.4, 0.5) is 0 Å². The molecule has 0 saturated heterocycles. The van der Waals surface area contributed by atoms with Gasteiger partial charge in [-0.3, -0.25) is 0 Å². The molecule has 4 rings (SSSR count). The van der Waals surface area contributed by atoms with Gasteiger partial charge in [0, 0.05) is 58.4 Å². The number of aryl methyl sites for hydroxylation is 3. The van der Waals surface area contributed by atoms with Crippen LogP contribution in [0.5, 0.6) is 0 Å². The molecule has 0 atom stereocenters. The average molecular weight is 322 g/mol. The van der Waals surface area contributed by atoms with Gasteiger partial charge in [-0.15, -0.1) is 11.3 Å². The molecule has 23 heavy (non-hydrogen) atoms. The smallest absolute Gasteiger partial charge is 0.141 e. The number of imidazole rings is 2. The molecular formula is C18H18N4S. The zero-order valence-corrected chi connectivity index (χ0v) is 13.8. The Morgan fingerprint density at radius 2 is 2.00 bits per heavy atom. The minimum absolute atomic E-state index is 0.955. The minimum atomic E-state index is 0.955. The van der Waals surface area contributed by atoms with E-state index in [-0.39, 0.29) is 0 Å². The Kier molecular flexibility index (Phi) is 3.71. The van der Waals surface area contributed by atoms with Crippen LogP contribution in [0, 0.1) is 6.92 Å². The van der Waals surface area contributed by atoms with Crippen molar-refractivity contribution >= 4 is 21.4 Å². The largest absolute Gasteiger partial charge is 0.337 e. The molecule has 0 unspecified atom stereocenters. The summed E-state index contributed by atoms with van der Waals surface area (Å²) >= 11 is 1.84. The van der Waals surface area contributed by atoms with E-state index in [9.17, 15) is 0 Å². The molecule has 0 fully saturated rings. The lowest BCUT2D eigenvalue weighted by atomic mass is 10.1. The molecular weight excluding hydrogens is 304 g/mol. The van der Waals surface area contributed by atoms with Gasteiger partial charge in [0.15, 0.2) is 0 Å². The van der Waals surface area contributed by atoms with Crippen molar-refractivity contribution in [2.45, 2.75) is 26.4 Å². The summed E-state index contributed by atoms with van der Waals surface area (Å²) in [5.41, 5.74) is 1.28. The Morgan fingerprint density at radius 3 is 2.87 bits per heavy atom. The first-order valence-electron chi connectivity index (χ1n) is 7.78. The minimum Gasteiger partial charge on any atom is -0.337 e. The normalized spacial score (nSPS) is 11.3. The van der Waals surface area contributed by atoms with E-state index in [0.717, 1.165) is 25.3 Å². The molecule has 4 nitrogen and oxygen atoms in total. The zero-order chi connectivity index (χ0) is 15.6. The van der Waals surface area contributed by atoms with Crippen molar-refractivity contribution in [3.8, 4) is 11.4 Å². The molecule has 4 aromatic rings. The molecule has 3 heterocycles. The van der Waals surface area contributed by atoms with Gasteiger partial charge in [0.25, 0.3) is 0 Å². The molecule has 0 N–H and O–H groups in total. The first kappa shape index (κ1) is 14.2. The third-order valence-electron chi connectivity index (χ3n) is 4.09. The maximum Gasteiger partial charge on any atom is 0.141 e. The summed E-state index contributed by atoms with van der Waals surface area (Å²) in [7, 11) is 0. The number of fused-ring (bicyclic) bond motifs is 1. The highest BCUT2D eigenvalue weighted by Gasteiger charge is 2.15. The van der Waals surface area contributed by atoms with Gasteiger partial charge >= 0.3 is 0 Å². The van der Waals surface area contributed by atoms with E-state index in [2.05, 4.69) is 56.5 Å². The number of hydrogen-bond donors (Lipinski definition) is 0. The van der Waals surface area contributed by atoms with Crippen LogP contribution in [-0.2, 0) is 13.1 Å². The third-order valence-corrected chi connectivity index (χ3v) is 5.17. The van der Waals surface area contributed by atoms with Gasteiger partial charge in [-0.05, 0) is 19.4 Å². The van der Waals surface area contributed by atoms with Crippen LogP contribution < -0.4 is 0 Å². The first-order valence-corrected chi connectivity index (χ1v) is 8.60. The quantitative estimate of drug-likeness (QED) is 0.547. The van der Waals surface area contributed by atoms with E-state index < -0.39 is 0 Å². The second-order valence-corrected chi connectivity index (χ2v) is 6.88. The molecule has 0 aliphatic rings. The van der Waals surface area contributed by atoms with Gasteiger partial charge < -0.3 is 9.13 Å². The number of rotatable bonds is 5. The molecule has 5 heteroatoms. The first-order chi connectivity index (χ1) is 11.3. The van der Waals surface area contributed by atoms with Crippen molar-refractivity contribution < 1.29 is 0 Å². The predicted octanol–water partition coefficient (Wildman–Crippen LogP) is 4.36. The Hall–Kier alpha value is -2.40. The second kappa shape index (κ2) is 6.01. The fraction of sp³-hybridized carbons (Fsp3) is 0.222.